The first-order chi connectivity index (χ1) is 8.77. The van der Waals surface area contributed by atoms with Gasteiger partial charge in [0.1, 0.15) is 18.1 Å². The molecule has 19 heavy (non-hydrogen) atoms. The largest absolute Gasteiger partial charge is 0.508 e. The Morgan fingerprint density at radius 1 is 1.47 bits per heavy atom. The number of phenols is 1. The molecule has 108 valence electrons. The molecule has 0 aromatic heterocycles. The van der Waals surface area contributed by atoms with E-state index >= 15 is 0 Å². The maximum absolute atomic E-state index is 9.34. The quantitative estimate of drug-likeness (QED) is 0.650. The summed E-state index contributed by atoms with van der Waals surface area (Å²) < 4.78 is 5.48. The van der Waals surface area contributed by atoms with Crippen LogP contribution in [0, 0.1) is 6.92 Å². The molecular weight excluding hydrogens is 250 g/mol. The number of aryl methyl sites for hydroxylation is 1. The molecule has 1 aromatic rings. The molecule has 1 atom stereocenters. The third kappa shape index (κ3) is 7.28. The highest BCUT2D eigenvalue weighted by molar-refractivity contribution is 5.62. The Bertz CT molecular complexity index is 414. The number of carboxylic acids is 1. The van der Waals surface area contributed by atoms with Crippen LogP contribution < -0.4 is 10.5 Å². The van der Waals surface area contributed by atoms with Gasteiger partial charge >= 0.3 is 0 Å². The molecular formula is C13H21NO5. The highest BCUT2D eigenvalue weighted by atomic mass is 16.5. The molecule has 0 spiro atoms. The summed E-state index contributed by atoms with van der Waals surface area (Å²) in [5, 5.41) is 25.9. The summed E-state index contributed by atoms with van der Waals surface area (Å²) in [5.41, 5.74) is 6.94. The second kappa shape index (κ2) is 8.34. The van der Waals surface area contributed by atoms with E-state index in [2.05, 4.69) is 0 Å². The number of aliphatic hydroxyl groups is 1. The van der Waals surface area contributed by atoms with Crippen molar-refractivity contribution in [3.63, 3.8) is 0 Å². The molecule has 5 N–H and O–H groups in total. The van der Waals surface area contributed by atoms with E-state index in [9.17, 15) is 5.11 Å². The Labute approximate surface area is 112 Å². The zero-order valence-corrected chi connectivity index (χ0v) is 11.4. The number of carboxylic acid groups (broad SMARTS) is 1. The summed E-state index contributed by atoms with van der Waals surface area (Å²) in [6.07, 6.45) is 0. The molecule has 0 aliphatic heterocycles. The number of rotatable bonds is 4. The molecule has 1 unspecified atom stereocenters. The van der Waals surface area contributed by atoms with E-state index in [4.69, 9.17) is 25.5 Å². The van der Waals surface area contributed by atoms with Crippen molar-refractivity contribution in [2.75, 3.05) is 6.61 Å². The average Bonchev–Trinajstić information content (AvgIpc) is 2.25. The molecule has 0 saturated carbocycles. The van der Waals surface area contributed by atoms with Gasteiger partial charge in [0, 0.05) is 18.5 Å². The second-order valence-corrected chi connectivity index (χ2v) is 4.22. The number of hydrogen-bond donors (Lipinski definition) is 4. The molecule has 6 nitrogen and oxygen atoms in total. The average molecular weight is 271 g/mol. The molecule has 1 aromatic carbocycles. The highest BCUT2D eigenvalue weighted by Gasteiger charge is 2.09. The van der Waals surface area contributed by atoms with Crippen LogP contribution in [0.1, 0.15) is 25.0 Å². The van der Waals surface area contributed by atoms with Crippen LogP contribution in [0.15, 0.2) is 12.1 Å². The summed E-state index contributed by atoms with van der Waals surface area (Å²) >= 11 is 0. The number of aliphatic hydroxyl groups excluding tert-OH is 1. The van der Waals surface area contributed by atoms with Crippen molar-refractivity contribution >= 4 is 5.97 Å². The van der Waals surface area contributed by atoms with Crippen LogP contribution in [0.5, 0.6) is 11.5 Å². The SMILES string of the molecule is CC(=O)O.Cc1cc(O)cc(CO)c1OCC(C)N. The van der Waals surface area contributed by atoms with Crippen molar-refractivity contribution in [2.45, 2.75) is 33.4 Å². The van der Waals surface area contributed by atoms with E-state index in [-0.39, 0.29) is 18.4 Å². The zero-order valence-electron chi connectivity index (χ0n) is 11.4. The standard InChI is InChI=1S/C11H17NO3.C2H4O2/c1-7-3-10(14)4-9(5-13)11(7)15-6-8(2)12;1-2(3)4/h3-4,8,13-14H,5-6,12H2,1-2H3;1H3,(H,3,4). The lowest BCUT2D eigenvalue weighted by molar-refractivity contribution is -0.134. The zero-order chi connectivity index (χ0) is 15.0. The Kier molecular flexibility index (Phi) is 7.55. The third-order valence-corrected chi connectivity index (χ3v) is 2.00. The van der Waals surface area contributed by atoms with Gasteiger partial charge in [-0.3, -0.25) is 4.79 Å². The Balaban J connectivity index is 0.000000711. The second-order valence-electron chi connectivity index (χ2n) is 4.22. The van der Waals surface area contributed by atoms with E-state index < -0.39 is 5.97 Å². The van der Waals surface area contributed by atoms with E-state index in [1.807, 2.05) is 13.8 Å². The summed E-state index contributed by atoms with van der Waals surface area (Å²) in [7, 11) is 0. The van der Waals surface area contributed by atoms with Crippen LogP contribution in [-0.2, 0) is 11.4 Å². The summed E-state index contributed by atoms with van der Waals surface area (Å²) in [4.78, 5) is 9.00. The maximum Gasteiger partial charge on any atom is 0.300 e. The number of carbonyl (C=O) groups is 1. The fraction of sp³-hybridized carbons (Fsp3) is 0.462. The first-order valence-electron chi connectivity index (χ1n) is 5.79. The van der Waals surface area contributed by atoms with Gasteiger partial charge in [-0.05, 0) is 31.5 Å². The van der Waals surface area contributed by atoms with Crippen molar-refractivity contribution < 1.29 is 24.9 Å². The number of aliphatic carboxylic acids is 1. The maximum atomic E-state index is 9.34. The van der Waals surface area contributed by atoms with Gasteiger partial charge in [-0.15, -0.1) is 0 Å². The monoisotopic (exact) mass is 271 g/mol. The minimum atomic E-state index is -0.833. The topological polar surface area (TPSA) is 113 Å². The van der Waals surface area contributed by atoms with E-state index in [1.165, 1.54) is 6.07 Å². The van der Waals surface area contributed by atoms with E-state index in [0.717, 1.165) is 12.5 Å². The van der Waals surface area contributed by atoms with Gasteiger partial charge in [-0.1, -0.05) is 0 Å². The Morgan fingerprint density at radius 3 is 2.42 bits per heavy atom. The highest BCUT2D eigenvalue weighted by Crippen LogP contribution is 2.28. The molecule has 1 rings (SSSR count). The van der Waals surface area contributed by atoms with E-state index in [1.54, 1.807) is 6.07 Å². The molecule has 0 bridgehead atoms. The fourth-order valence-electron chi connectivity index (χ4n) is 1.37. The first-order valence-corrected chi connectivity index (χ1v) is 5.79. The summed E-state index contributed by atoms with van der Waals surface area (Å²) in [5.74, 6) is -0.0997. The van der Waals surface area contributed by atoms with Gasteiger partial charge in [0.05, 0.1) is 6.61 Å². The minimum Gasteiger partial charge on any atom is -0.508 e. The molecule has 0 fully saturated rings. The van der Waals surface area contributed by atoms with Gasteiger partial charge in [0.15, 0.2) is 0 Å². The lowest BCUT2D eigenvalue weighted by Gasteiger charge is -2.14. The van der Waals surface area contributed by atoms with Gasteiger partial charge in [-0.2, -0.15) is 0 Å². The van der Waals surface area contributed by atoms with Crippen molar-refractivity contribution in [3.05, 3.63) is 23.3 Å². The van der Waals surface area contributed by atoms with Crippen LogP contribution in [0.4, 0.5) is 0 Å². The molecule has 0 radical (unpaired) electrons. The van der Waals surface area contributed by atoms with Gasteiger partial charge in [0.2, 0.25) is 0 Å². The van der Waals surface area contributed by atoms with Crippen LogP contribution in [-0.4, -0.2) is 33.9 Å². The molecule has 0 saturated heterocycles. The number of nitrogens with two attached hydrogens (primary N) is 1. The summed E-state index contributed by atoms with van der Waals surface area (Å²) in [6.45, 7) is 4.96. The van der Waals surface area contributed by atoms with Crippen LogP contribution in [0.2, 0.25) is 0 Å². The fourth-order valence-corrected chi connectivity index (χ4v) is 1.37. The lowest BCUT2D eigenvalue weighted by Crippen LogP contribution is -2.24. The van der Waals surface area contributed by atoms with Gasteiger partial charge in [0.25, 0.3) is 5.97 Å². The number of benzene rings is 1. The summed E-state index contributed by atoms with van der Waals surface area (Å²) in [6, 6.07) is 3.02. The number of phenolic OH excluding ortho intramolecular Hbond substituents is 1. The Hall–Kier alpha value is -1.79. The number of hydrogen-bond acceptors (Lipinski definition) is 5. The van der Waals surface area contributed by atoms with Crippen molar-refractivity contribution in [3.8, 4) is 11.5 Å². The van der Waals surface area contributed by atoms with Crippen molar-refractivity contribution in [1.82, 2.24) is 0 Å². The first kappa shape index (κ1) is 17.2. The van der Waals surface area contributed by atoms with Crippen molar-refractivity contribution in [1.29, 1.82) is 0 Å². The predicted molar refractivity (Wildman–Crippen MR) is 71.2 cm³/mol. The molecule has 0 aliphatic rings. The number of ether oxygens (including phenoxy) is 1. The minimum absolute atomic E-state index is 0.0651. The van der Waals surface area contributed by atoms with Crippen LogP contribution >= 0.6 is 0 Å². The molecule has 0 amide bonds. The molecule has 0 aliphatic carbocycles. The van der Waals surface area contributed by atoms with Gasteiger partial charge < -0.3 is 25.8 Å². The van der Waals surface area contributed by atoms with Crippen molar-refractivity contribution in [2.24, 2.45) is 5.73 Å². The number of aromatic hydroxyl groups is 1. The molecule has 6 heteroatoms. The van der Waals surface area contributed by atoms with Crippen LogP contribution in [0.3, 0.4) is 0 Å². The van der Waals surface area contributed by atoms with Gasteiger partial charge in [-0.25, -0.2) is 0 Å². The Morgan fingerprint density at radius 2 is 2.00 bits per heavy atom. The normalized spacial score (nSPS) is 11.2. The molecule has 0 heterocycles. The van der Waals surface area contributed by atoms with E-state index in [0.29, 0.717) is 17.9 Å². The third-order valence-electron chi connectivity index (χ3n) is 2.00. The smallest absolute Gasteiger partial charge is 0.300 e. The lowest BCUT2D eigenvalue weighted by atomic mass is 10.1. The van der Waals surface area contributed by atoms with Crippen LogP contribution in [0.25, 0.3) is 0 Å². The predicted octanol–water partition coefficient (Wildman–Crippen LogP) is 1.01.